The second-order valence-electron chi connectivity index (χ2n) is 9.95. The highest BCUT2D eigenvalue weighted by molar-refractivity contribution is 6.77. The molecular formula is C24H34O2Si2. The first kappa shape index (κ1) is 21.2. The zero-order valence-corrected chi connectivity index (χ0v) is 20.6. The summed E-state index contributed by atoms with van der Waals surface area (Å²) in [6.07, 6.45) is 0. The molecule has 0 saturated heterocycles. The number of ether oxygens (including phenoxy) is 2. The molecule has 0 saturated carbocycles. The zero-order chi connectivity index (χ0) is 20.7. The van der Waals surface area contributed by atoms with Gasteiger partial charge in [-0.05, 0) is 44.8 Å². The minimum atomic E-state index is -1.51. The van der Waals surface area contributed by atoms with Crippen molar-refractivity contribution in [1.82, 2.24) is 0 Å². The Bertz CT molecular complexity index is 902. The van der Waals surface area contributed by atoms with Gasteiger partial charge in [-0.2, -0.15) is 0 Å². The number of methoxy groups -OCH3 is 2. The number of hydrogen-bond acceptors (Lipinski definition) is 2. The molecule has 150 valence electrons. The van der Waals surface area contributed by atoms with Gasteiger partial charge in [-0.3, -0.25) is 0 Å². The highest BCUT2D eigenvalue weighted by atomic mass is 28.3. The molecule has 0 N–H and O–H groups in total. The molecule has 0 fully saturated rings. The normalized spacial score (nSPS) is 15.1. The number of benzene rings is 3. The van der Waals surface area contributed by atoms with Gasteiger partial charge in [-0.15, -0.1) is 0 Å². The summed E-state index contributed by atoms with van der Waals surface area (Å²) in [5, 5.41) is 5.18. The van der Waals surface area contributed by atoms with E-state index in [0.717, 1.165) is 0 Å². The molecule has 2 unspecified atom stereocenters. The van der Waals surface area contributed by atoms with Crippen LogP contribution in [0.4, 0.5) is 0 Å². The molecular weight excluding hydrogens is 376 g/mol. The summed E-state index contributed by atoms with van der Waals surface area (Å²) in [5.74, 6) is 0. The second kappa shape index (κ2) is 7.75. The van der Waals surface area contributed by atoms with Crippen LogP contribution in [-0.4, -0.2) is 30.4 Å². The van der Waals surface area contributed by atoms with Crippen LogP contribution in [0.25, 0.3) is 21.5 Å². The van der Waals surface area contributed by atoms with E-state index < -0.39 is 16.1 Å². The first-order valence-corrected chi connectivity index (χ1v) is 17.2. The fraction of sp³-hybridized carbons (Fsp3) is 0.417. The number of hydrogen-bond donors (Lipinski definition) is 0. The Morgan fingerprint density at radius 3 is 1.25 bits per heavy atom. The van der Waals surface area contributed by atoms with Crippen LogP contribution in [0.3, 0.4) is 0 Å². The van der Waals surface area contributed by atoms with E-state index >= 15 is 0 Å². The quantitative estimate of drug-likeness (QED) is 0.318. The predicted octanol–water partition coefficient (Wildman–Crippen LogP) is 7.12. The van der Waals surface area contributed by atoms with Crippen LogP contribution in [-0.2, 0) is 9.47 Å². The van der Waals surface area contributed by atoms with E-state index in [1.165, 1.54) is 32.7 Å². The summed E-state index contributed by atoms with van der Waals surface area (Å²) in [7, 11) is 0.674. The molecule has 0 heterocycles. The highest BCUT2D eigenvalue weighted by Crippen LogP contribution is 2.38. The minimum absolute atomic E-state index is 0.186. The lowest BCUT2D eigenvalue weighted by molar-refractivity contribution is 0.161. The van der Waals surface area contributed by atoms with Crippen LogP contribution in [0.5, 0.6) is 0 Å². The lowest BCUT2D eigenvalue weighted by Gasteiger charge is -2.30. The van der Waals surface area contributed by atoms with Crippen molar-refractivity contribution in [2.75, 3.05) is 14.2 Å². The molecule has 0 spiro atoms. The molecule has 2 nitrogen and oxygen atoms in total. The maximum atomic E-state index is 5.99. The molecule has 0 aliphatic heterocycles. The largest absolute Gasteiger partial charge is 0.380 e. The van der Waals surface area contributed by atoms with E-state index in [-0.39, 0.29) is 11.5 Å². The predicted molar refractivity (Wildman–Crippen MR) is 128 cm³/mol. The molecule has 0 aliphatic carbocycles. The van der Waals surface area contributed by atoms with Crippen molar-refractivity contribution in [2.24, 2.45) is 0 Å². The minimum Gasteiger partial charge on any atom is -0.380 e. The standard InChI is InChI=1S/C24H34O2Si2/c1-25-23(27(3,4)5)19-13-9-11-17-16-22-18(15-21(17)19)12-10-14-20(22)24(26-2)28(6,7)8/h9-16,23-24H,1-8H3. The molecule has 3 aromatic rings. The lowest BCUT2D eigenvalue weighted by Crippen LogP contribution is -2.32. The molecule has 3 rings (SSSR count). The molecule has 0 amide bonds. The summed E-state index contributed by atoms with van der Waals surface area (Å²) in [6.45, 7) is 14.2. The fourth-order valence-electron chi connectivity index (χ4n) is 4.45. The van der Waals surface area contributed by atoms with Gasteiger partial charge < -0.3 is 9.47 Å². The Labute approximate surface area is 171 Å². The van der Waals surface area contributed by atoms with Crippen LogP contribution >= 0.6 is 0 Å². The van der Waals surface area contributed by atoms with E-state index in [4.69, 9.17) is 9.47 Å². The SMILES string of the molecule is COC(c1cccc2cc3c(C(OC)[Si](C)(C)C)cccc3cc12)[Si](C)(C)C. The lowest BCUT2D eigenvalue weighted by atomic mass is 9.97. The smallest absolute Gasteiger partial charge is 0.0842 e. The third-order valence-corrected chi connectivity index (χ3v) is 9.80. The van der Waals surface area contributed by atoms with Gasteiger partial charge in [-0.1, -0.05) is 75.7 Å². The summed E-state index contributed by atoms with van der Waals surface area (Å²) in [5.41, 5.74) is 3.01. The molecule has 0 bridgehead atoms. The first-order valence-electron chi connectivity index (χ1n) is 10.1. The van der Waals surface area contributed by atoms with Gasteiger partial charge in [0.1, 0.15) is 0 Å². The Morgan fingerprint density at radius 1 is 0.607 bits per heavy atom. The third-order valence-electron chi connectivity index (χ3n) is 5.56. The van der Waals surface area contributed by atoms with Crippen LogP contribution in [0.2, 0.25) is 39.3 Å². The zero-order valence-electron chi connectivity index (χ0n) is 18.6. The van der Waals surface area contributed by atoms with E-state index in [0.29, 0.717) is 0 Å². The van der Waals surface area contributed by atoms with E-state index in [2.05, 4.69) is 87.8 Å². The van der Waals surface area contributed by atoms with Crippen molar-refractivity contribution in [1.29, 1.82) is 0 Å². The van der Waals surface area contributed by atoms with Gasteiger partial charge >= 0.3 is 0 Å². The molecule has 2 atom stereocenters. The van der Waals surface area contributed by atoms with Gasteiger partial charge in [0.2, 0.25) is 0 Å². The maximum absolute atomic E-state index is 5.99. The molecule has 3 aromatic carbocycles. The molecule has 0 radical (unpaired) electrons. The van der Waals surface area contributed by atoms with Crippen molar-refractivity contribution in [3.8, 4) is 0 Å². The van der Waals surface area contributed by atoms with Crippen LogP contribution in [0.15, 0.2) is 48.5 Å². The van der Waals surface area contributed by atoms with Crippen LogP contribution in [0, 0.1) is 0 Å². The fourth-order valence-corrected chi connectivity index (χ4v) is 8.23. The first-order chi connectivity index (χ1) is 13.1. The average Bonchev–Trinajstić information content (AvgIpc) is 2.59. The maximum Gasteiger partial charge on any atom is 0.0842 e. The van der Waals surface area contributed by atoms with E-state index in [1.807, 2.05) is 14.2 Å². The van der Waals surface area contributed by atoms with Crippen molar-refractivity contribution in [3.05, 3.63) is 59.7 Å². The molecule has 0 aromatic heterocycles. The Hall–Kier alpha value is -1.47. The summed E-state index contributed by atoms with van der Waals surface area (Å²) >= 11 is 0. The monoisotopic (exact) mass is 410 g/mol. The van der Waals surface area contributed by atoms with E-state index in [1.54, 1.807) is 0 Å². The van der Waals surface area contributed by atoms with E-state index in [9.17, 15) is 0 Å². The van der Waals surface area contributed by atoms with Crippen LogP contribution < -0.4 is 0 Å². The van der Waals surface area contributed by atoms with Crippen molar-refractivity contribution < 1.29 is 9.47 Å². The molecule has 0 aliphatic rings. The summed E-state index contributed by atoms with van der Waals surface area (Å²) < 4.78 is 12.0. The van der Waals surface area contributed by atoms with Gasteiger partial charge in [0.15, 0.2) is 0 Å². The average molecular weight is 411 g/mol. The van der Waals surface area contributed by atoms with Crippen molar-refractivity contribution in [3.63, 3.8) is 0 Å². The third kappa shape index (κ3) is 3.97. The number of fused-ring (bicyclic) bond motifs is 2. The van der Waals surface area contributed by atoms with Crippen LogP contribution in [0.1, 0.15) is 22.6 Å². The van der Waals surface area contributed by atoms with Crippen molar-refractivity contribution >= 4 is 37.7 Å². The van der Waals surface area contributed by atoms with Gasteiger partial charge in [-0.25, -0.2) is 0 Å². The van der Waals surface area contributed by atoms with Gasteiger partial charge in [0.05, 0.1) is 27.6 Å². The topological polar surface area (TPSA) is 18.5 Å². The molecule has 28 heavy (non-hydrogen) atoms. The Balaban J connectivity index is 2.29. The second-order valence-corrected chi connectivity index (χ2v) is 20.5. The Morgan fingerprint density at radius 2 is 0.964 bits per heavy atom. The van der Waals surface area contributed by atoms with Crippen molar-refractivity contribution in [2.45, 2.75) is 50.7 Å². The van der Waals surface area contributed by atoms with Gasteiger partial charge in [0, 0.05) is 14.2 Å². The number of rotatable bonds is 6. The molecule has 4 heteroatoms. The highest BCUT2D eigenvalue weighted by Gasteiger charge is 2.31. The summed E-state index contributed by atoms with van der Waals surface area (Å²) in [6, 6.07) is 18.0. The Kier molecular flexibility index (Phi) is 5.88. The summed E-state index contributed by atoms with van der Waals surface area (Å²) in [4.78, 5) is 0. The van der Waals surface area contributed by atoms with Gasteiger partial charge in [0.25, 0.3) is 0 Å².